The molecular formula is C50H32N2O. The molecule has 11 rings (SSSR count). The van der Waals surface area contributed by atoms with Crippen LogP contribution in [0.25, 0.3) is 99.4 Å². The van der Waals surface area contributed by atoms with Gasteiger partial charge in [0.05, 0.1) is 16.6 Å². The van der Waals surface area contributed by atoms with Crippen LogP contribution in [0.4, 0.5) is 0 Å². The highest BCUT2D eigenvalue weighted by molar-refractivity contribution is 6.18. The van der Waals surface area contributed by atoms with Crippen molar-refractivity contribution in [1.82, 2.24) is 9.13 Å². The van der Waals surface area contributed by atoms with Crippen molar-refractivity contribution in [2.75, 3.05) is 0 Å². The highest BCUT2D eigenvalue weighted by Crippen LogP contribution is 2.41. The molecule has 3 aromatic heterocycles. The second-order valence-electron chi connectivity index (χ2n) is 13.7. The number of nitrogens with zero attached hydrogens (tertiary/aromatic N) is 2. The third-order valence-corrected chi connectivity index (χ3v) is 10.8. The lowest BCUT2D eigenvalue weighted by Gasteiger charge is -2.12. The molecule has 0 bridgehead atoms. The third-order valence-electron chi connectivity index (χ3n) is 10.8. The number of benzene rings is 8. The van der Waals surface area contributed by atoms with Crippen LogP contribution in [0.5, 0.6) is 0 Å². The lowest BCUT2D eigenvalue weighted by molar-refractivity contribution is 0.671. The molecule has 3 heterocycles. The first-order valence-electron chi connectivity index (χ1n) is 18.1. The molecule has 3 heteroatoms. The molecule has 0 aliphatic carbocycles. The predicted molar refractivity (Wildman–Crippen MR) is 221 cm³/mol. The zero-order chi connectivity index (χ0) is 34.9. The zero-order valence-corrected chi connectivity index (χ0v) is 28.8. The minimum atomic E-state index is 0.907. The lowest BCUT2D eigenvalue weighted by atomic mass is 9.98. The summed E-state index contributed by atoms with van der Waals surface area (Å²) >= 11 is 0. The van der Waals surface area contributed by atoms with E-state index in [-0.39, 0.29) is 0 Å². The van der Waals surface area contributed by atoms with Crippen LogP contribution in [-0.4, -0.2) is 9.13 Å². The summed E-state index contributed by atoms with van der Waals surface area (Å²) in [4.78, 5) is 0. The Morgan fingerprint density at radius 3 is 1.60 bits per heavy atom. The first-order valence-corrected chi connectivity index (χ1v) is 18.1. The van der Waals surface area contributed by atoms with Gasteiger partial charge in [0.15, 0.2) is 0 Å². The maximum absolute atomic E-state index is 6.82. The smallest absolute Gasteiger partial charge is 0.143 e. The zero-order valence-electron chi connectivity index (χ0n) is 28.8. The number of aromatic nitrogens is 2. The van der Waals surface area contributed by atoms with E-state index in [1.54, 1.807) is 0 Å². The van der Waals surface area contributed by atoms with Crippen molar-refractivity contribution in [2.45, 2.75) is 0 Å². The molecule has 0 fully saturated rings. The number of fused-ring (bicyclic) bond motifs is 8. The average Bonchev–Trinajstić information content (AvgIpc) is 3.94. The van der Waals surface area contributed by atoms with Crippen LogP contribution in [0.15, 0.2) is 199 Å². The normalized spacial score (nSPS) is 11.8. The van der Waals surface area contributed by atoms with Crippen molar-refractivity contribution in [2.24, 2.45) is 0 Å². The van der Waals surface area contributed by atoms with E-state index in [2.05, 4.69) is 203 Å². The predicted octanol–water partition coefficient (Wildman–Crippen LogP) is 13.6. The molecule has 0 unspecified atom stereocenters. The van der Waals surface area contributed by atoms with Gasteiger partial charge >= 0.3 is 0 Å². The first-order chi connectivity index (χ1) is 26.3. The first kappa shape index (κ1) is 29.6. The van der Waals surface area contributed by atoms with Crippen molar-refractivity contribution in [1.29, 1.82) is 0 Å². The molecule has 0 radical (unpaired) electrons. The quantitative estimate of drug-likeness (QED) is 0.178. The van der Waals surface area contributed by atoms with Gasteiger partial charge in [0, 0.05) is 55.6 Å². The highest BCUT2D eigenvalue weighted by atomic mass is 16.3. The molecular weight excluding hydrogens is 645 g/mol. The molecule has 248 valence electrons. The maximum Gasteiger partial charge on any atom is 0.143 e. The van der Waals surface area contributed by atoms with E-state index in [1.807, 2.05) is 0 Å². The standard InChI is InChI=1S/C50H32N2O/c1-3-11-33(12-4-1)34-21-23-35(24-22-34)40-16-9-18-44-45-19-10-17-41(50(45)53-49(40)44)36-25-28-38(29-26-36)51-32-31-37-27-30-43-42-15-7-8-20-46(42)52(48(43)47(37)51)39-13-5-2-6-14-39/h1-32H. The highest BCUT2D eigenvalue weighted by Gasteiger charge is 2.19. The molecule has 11 aromatic rings. The molecule has 0 aliphatic heterocycles. The minimum absolute atomic E-state index is 0.907. The summed E-state index contributed by atoms with van der Waals surface area (Å²) in [5.74, 6) is 0. The maximum atomic E-state index is 6.82. The van der Waals surface area contributed by atoms with E-state index in [4.69, 9.17) is 4.42 Å². The number of furan rings is 1. The summed E-state index contributed by atoms with van der Waals surface area (Å²) in [6.45, 7) is 0. The van der Waals surface area contributed by atoms with E-state index >= 15 is 0 Å². The van der Waals surface area contributed by atoms with E-state index in [0.717, 1.165) is 55.6 Å². The van der Waals surface area contributed by atoms with Gasteiger partial charge in [-0.25, -0.2) is 0 Å². The Balaban J connectivity index is 1.02. The Kier molecular flexibility index (Phi) is 6.55. The van der Waals surface area contributed by atoms with Gasteiger partial charge in [0.2, 0.25) is 0 Å². The molecule has 0 amide bonds. The van der Waals surface area contributed by atoms with Crippen molar-refractivity contribution >= 4 is 54.6 Å². The molecule has 0 saturated heterocycles. The number of hydrogen-bond acceptors (Lipinski definition) is 1. The van der Waals surface area contributed by atoms with Crippen LogP contribution in [0.3, 0.4) is 0 Å². The summed E-state index contributed by atoms with van der Waals surface area (Å²) in [6.07, 6.45) is 2.19. The molecule has 0 N–H and O–H groups in total. The minimum Gasteiger partial charge on any atom is -0.455 e. The van der Waals surface area contributed by atoms with Crippen LogP contribution in [-0.2, 0) is 0 Å². The molecule has 0 aliphatic rings. The fourth-order valence-corrected chi connectivity index (χ4v) is 8.28. The number of para-hydroxylation sites is 4. The van der Waals surface area contributed by atoms with Crippen molar-refractivity contribution in [3.8, 4) is 44.8 Å². The van der Waals surface area contributed by atoms with E-state index < -0.39 is 0 Å². The van der Waals surface area contributed by atoms with Crippen molar-refractivity contribution in [3.63, 3.8) is 0 Å². The summed E-state index contributed by atoms with van der Waals surface area (Å²) in [6, 6.07) is 67.2. The molecule has 0 atom stereocenters. The second-order valence-corrected chi connectivity index (χ2v) is 13.7. The fraction of sp³-hybridized carbons (Fsp3) is 0. The van der Waals surface area contributed by atoms with Crippen LogP contribution >= 0.6 is 0 Å². The van der Waals surface area contributed by atoms with Gasteiger partial charge in [-0.3, -0.25) is 0 Å². The molecule has 53 heavy (non-hydrogen) atoms. The van der Waals surface area contributed by atoms with Gasteiger partial charge in [0.1, 0.15) is 11.2 Å². The van der Waals surface area contributed by atoms with Gasteiger partial charge in [-0.15, -0.1) is 0 Å². The van der Waals surface area contributed by atoms with E-state index in [1.165, 1.54) is 43.8 Å². The Morgan fingerprint density at radius 1 is 0.340 bits per heavy atom. The lowest BCUT2D eigenvalue weighted by Crippen LogP contribution is -1.97. The Labute approximate surface area is 306 Å². The summed E-state index contributed by atoms with van der Waals surface area (Å²) in [5, 5.41) is 5.95. The topological polar surface area (TPSA) is 23.0 Å². The van der Waals surface area contributed by atoms with Crippen LogP contribution in [0.2, 0.25) is 0 Å². The van der Waals surface area contributed by atoms with Crippen LogP contribution in [0, 0.1) is 0 Å². The Morgan fingerprint density at radius 2 is 0.906 bits per heavy atom. The second kappa shape index (κ2) is 11.7. The van der Waals surface area contributed by atoms with Crippen molar-refractivity contribution < 1.29 is 4.42 Å². The van der Waals surface area contributed by atoms with Gasteiger partial charge in [-0.2, -0.15) is 0 Å². The molecule has 3 nitrogen and oxygen atoms in total. The van der Waals surface area contributed by atoms with Crippen molar-refractivity contribution in [3.05, 3.63) is 194 Å². The molecule has 0 spiro atoms. The third kappa shape index (κ3) is 4.61. The summed E-state index contributed by atoms with van der Waals surface area (Å²) < 4.78 is 11.6. The monoisotopic (exact) mass is 676 g/mol. The van der Waals surface area contributed by atoms with Gasteiger partial charge in [0.25, 0.3) is 0 Å². The molecule has 8 aromatic carbocycles. The SMILES string of the molecule is c1ccc(-c2ccc(-c3cccc4c3oc3c(-c5ccc(-n6ccc7ccc8c9ccccc9n(-c9ccccc9)c8c76)cc5)cccc34)cc2)cc1. The van der Waals surface area contributed by atoms with Crippen LogP contribution in [0.1, 0.15) is 0 Å². The summed E-state index contributed by atoms with van der Waals surface area (Å²) in [7, 11) is 0. The number of hydrogen-bond donors (Lipinski definition) is 0. The number of rotatable bonds is 5. The fourth-order valence-electron chi connectivity index (χ4n) is 8.28. The van der Waals surface area contributed by atoms with Gasteiger partial charge in [-0.05, 0) is 58.7 Å². The van der Waals surface area contributed by atoms with Crippen LogP contribution < -0.4 is 0 Å². The largest absolute Gasteiger partial charge is 0.455 e. The van der Waals surface area contributed by atoms with Gasteiger partial charge in [-0.1, -0.05) is 152 Å². The average molecular weight is 677 g/mol. The summed E-state index contributed by atoms with van der Waals surface area (Å²) in [5.41, 5.74) is 14.5. The Bertz CT molecular complexity index is 3130. The Hall–Kier alpha value is -7.10. The van der Waals surface area contributed by atoms with E-state index in [0.29, 0.717) is 0 Å². The molecule has 0 saturated carbocycles. The van der Waals surface area contributed by atoms with E-state index in [9.17, 15) is 0 Å². The van der Waals surface area contributed by atoms with Gasteiger partial charge < -0.3 is 13.6 Å².